The van der Waals surface area contributed by atoms with Crippen LogP contribution in [0.5, 0.6) is 0 Å². The van der Waals surface area contributed by atoms with Gasteiger partial charge in [-0.1, -0.05) is 59.9 Å². The lowest BCUT2D eigenvalue weighted by Gasteiger charge is -2.03. The van der Waals surface area contributed by atoms with Crippen LogP contribution in [0.3, 0.4) is 0 Å². The molecule has 0 atom stereocenters. The molecule has 3 aromatic carbocycles. The minimum atomic E-state index is -3.82. The van der Waals surface area contributed by atoms with Gasteiger partial charge < -0.3 is 4.57 Å². The number of benzene rings is 3. The van der Waals surface area contributed by atoms with Crippen LogP contribution in [0.25, 0.3) is 21.3 Å². The summed E-state index contributed by atoms with van der Waals surface area (Å²) in [5.41, 5.74) is 3.30. The molecule has 0 radical (unpaired) electrons. The van der Waals surface area contributed by atoms with Gasteiger partial charge in [-0.05, 0) is 41.5 Å². The number of amides is 1. The van der Waals surface area contributed by atoms with Crippen molar-refractivity contribution in [1.82, 2.24) is 4.57 Å². The number of thiazole rings is 1. The molecule has 0 aliphatic rings. The number of hydrogen-bond acceptors (Lipinski definition) is 4. The number of hydrogen-bond donors (Lipinski definition) is 1. The van der Waals surface area contributed by atoms with Gasteiger partial charge >= 0.3 is 0 Å². The lowest BCUT2D eigenvalue weighted by molar-refractivity contribution is 0.0998. The van der Waals surface area contributed by atoms with Gasteiger partial charge in [0.2, 0.25) is 10.0 Å². The highest BCUT2D eigenvalue weighted by molar-refractivity contribution is 7.89. The molecule has 4 aromatic rings. The van der Waals surface area contributed by atoms with Crippen LogP contribution < -0.4 is 9.94 Å². The molecule has 0 fully saturated rings. The van der Waals surface area contributed by atoms with Crippen molar-refractivity contribution in [2.24, 2.45) is 10.1 Å². The molecule has 31 heavy (non-hydrogen) atoms. The van der Waals surface area contributed by atoms with Gasteiger partial charge in [-0.25, -0.2) is 13.6 Å². The monoisotopic (exact) mass is 449 g/mol. The first-order chi connectivity index (χ1) is 14.9. The molecule has 1 amide bonds. The summed E-state index contributed by atoms with van der Waals surface area (Å²) < 4.78 is 25.8. The zero-order chi connectivity index (χ0) is 22.0. The van der Waals surface area contributed by atoms with Gasteiger partial charge in [0.15, 0.2) is 4.80 Å². The fourth-order valence-corrected chi connectivity index (χ4v) is 4.90. The van der Waals surface area contributed by atoms with Crippen LogP contribution in [0.2, 0.25) is 0 Å². The van der Waals surface area contributed by atoms with Crippen molar-refractivity contribution < 1.29 is 13.2 Å². The van der Waals surface area contributed by atoms with Crippen molar-refractivity contribution in [3.8, 4) is 11.1 Å². The van der Waals surface area contributed by atoms with E-state index in [1.807, 2.05) is 47.0 Å². The highest BCUT2D eigenvalue weighted by Gasteiger charge is 2.13. The third kappa shape index (κ3) is 4.41. The zero-order valence-corrected chi connectivity index (χ0v) is 18.1. The number of sulfonamides is 1. The predicted octanol–water partition coefficient (Wildman–Crippen LogP) is 3.94. The molecule has 0 spiro atoms. The fourth-order valence-electron chi connectivity index (χ4n) is 3.21. The van der Waals surface area contributed by atoms with E-state index in [0.29, 0.717) is 21.6 Å². The van der Waals surface area contributed by atoms with E-state index in [9.17, 15) is 13.2 Å². The number of carbonyl (C=O) groups excluding carboxylic acids is 1. The maximum Gasteiger partial charge on any atom is 0.279 e. The number of nitrogens with zero attached hydrogens (tertiary/aromatic N) is 2. The quantitative estimate of drug-likeness (QED) is 0.468. The Morgan fingerprint density at radius 2 is 1.71 bits per heavy atom. The van der Waals surface area contributed by atoms with Gasteiger partial charge in [-0.15, -0.1) is 6.58 Å². The number of nitrogens with two attached hydrogens (primary N) is 1. The number of rotatable bonds is 5. The Balaban J connectivity index is 1.74. The molecule has 2 N–H and O–H groups in total. The summed E-state index contributed by atoms with van der Waals surface area (Å²) in [6, 6.07) is 21.8. The Kier molecular flexibility index (Phi) is 5.69. The first kappa shape index (κ1) is 20.9. The summed E-state index contributed by atoms with van der Waals surface area (Å²) in [6.45, 7) is 4.18. The van der Waals surface area contributed by atoms with Crippen LogP contribution in [-0.4, -0.2) is 18.9 Å². The summed E-state index contributed by atoms with van der Waals surface area (Å²) in [7, 11) is -3.82. The van der Waals surface area contributed by atoms with E-state index in [0.717, 1.165) is 16.6 Å². The van der Waals surface area contributed by atoms with Gasteiger partial charge in [0.05, 0.1) is 15.1 Å². The average Bonchev–Trinajstić information content (AvgIpc) is 3.10. The fraction of sp³-hybridized carbons (Fsp3) is 0.0435. The van der Waals surface area contributed by atoms with Crippen molar-refractivity contribution in [2.45, 2.75) is 11.4 Å². The zero-order valence-electron chi connectivity index (χ0n) is 16.4. The number of allylic oxidation sites excluding steroid dienone is 1. The van der Waals surface area contributed by atoms with Crippen molar-refractivity contribution in [3.63, 3.8) is 0 Å². The Morgan fingerprint density at radius 3 is 2.35 bits per heavy atom. The molecular formula is C23H19N3O3S2. The molecule has 4 rings (SSSR count). The van der Waals surface area contributed by atoms with E-state index in [1.54, 1.807) is 24.3 Å². The van der Waals surface area contributed by atoms with Gasteiger partial charge in [0, 0.05) is 12.1 Å². The molecule has 8 heteroatoms. The Bertz CT molecular complexity index is 1450. The Morgan fingerprint density at radius 1 is 1.03 bits per heavy atom. The van der Waals surface area contributed by atoms with E-state index in [-0.39, 0.29) is 10.8 Å². The number of aromatic nitrogens is 1. The molecule has 0 saturated heterocycles. The Labute approximate surface area is 183 Å². The van der Waals surface area contributed by atoms with Crippen molar-refractivity contribution in [2.75, 3.05) is 0 Å². The summed E-state index contributed by atoms with van der Waals surface area (Å²) >= 11 is 1.22. The van der Waals surface area contributed by atoms with Crippen LogP contribution in [0.1, 0.15) is 10.4 Å². The van der Waals surface area contributed by atoms with Crippen LogP contribution in [0.4, 0.5) is 0 Å². The molecule has 0 unspecified atom stereocenters. The summed E-state index contributed by atoms with van der Waals surface area (Å²) in [5.74, 6) is -0.379. The van der Waals surface area contributed by atoms with Crippen LogP contribution in [-0.2, 0) is 16.6 Å². The van der Waals surface area contributed by atoms with Crippen LogP contribution in [0.15, 0.2) is 95.3 Å². The predicted molar refractivity (Wildman–Crippen MR) is 123 cm³/mol. The van der Waals surface area contributed by atoms with E-state index in [2.05, 4.69) is 11.6 Å². The van der Waals surface area contributed by atoms with E-state index < -0.39 is 10.0 Å². The molecule has 1 heterocycles. The van der Waals surface area contributed by atoms with Crippen molar-refractivity contribution in [3.05, 3.63) is 95.8 Å². The van der Waals surface area contributed by atoms with Gasteiger partial charge in [-0.3, -0.25) is 4.79 Å². The van der Waals surface area contributed by atoms with Gasteiger partial charge in [0.25, 0.3) is 5.91 Å². The Hall–Kier alpha value is -3.33. The van der Waals surface area contributed by atoms with E-state index >= 15 is 0 Å². The highest BCUT2D eigenvalue weighted by Crippen LogP contribution is 2.22. The third-order valence-corrected chi connectivity index (χ3v) is 6.68. The van der Waals surface area contributed by atoms with Crippen molar-refractivity contribution >= 4 is 37.5 Å². The van der Waals surface area contributed by atoms with Gasteiger partial charge in [0.1, 0.15) is 0 Å². The van der Waals surface area contributed by atoms with Gasteiger partial charge in [-0.2, -0.15) is 4.99 Å². The largest absolute Gasteiger partial charge is 0.312 e. The topological polar surface area (TPSA) is 94.5 Å². The molecule has 0 aliphatic carbocycles. The smallest absolute Gasteiger partial charge is 0.279 e. The second-order valence-electron chi connectivity index (χ2n) is 6.82. The number of carbonyl (C=O) groups is 1. The first-order valence-corrected chi connectivity index (χ1v) is 11.7. The molecular weight excluding hydrogens is 430 g/mol. The van der Waals surface area contributed by atoms with Crippen molar-refractivity contribution in [1.29, 1.82) is 0 Å². The molecule has 1 aromatic heterocycles. The molecule has 0 aliphatic heterocycles. The maximum absolute atomic E-state index is 12.8. The normalized spacial score (nSPS) is 12.2. The first-order valence-electron chi connectivity index (χ1n) is 9.38. The summed E-state index contributed by atoms with van der Waals surface area (Å²) in [4.78, 5) is 17.6. The second kappa shape index (κ2) is 8.43. The third-order valence-electron chi connectivity index (χ3n) is 4.73. The number of primary sulfonamides is 1. The van der Waals surface area contributed by atoms with Crippen LogP contribution in [0, 0.1) is 0 Å². The minimum absolute atomic E-state index is 0.0152. The molecule has 6 nitrogen and oxygen atoms in total. The van der Waals surface area contributed by atoms with Crippen LogP contribution >= 0.6 is 11.3 Å². The SMILES string of the molecule is C=CCn1c(=NC(=O)c2ccc(-c3ccccc3)cc2)sc2cc(S(N)(=O)=O)ccc21. The molecule has 0 saturated carbocycles. The summed E-state index contributed by atoms with van der Waals surface area (Å²) in [6.07, 6.45) is 1.69. The second-order valence-corrected chi connectivity index (χ2v) is 9.39. The van der Waals surface area contributed by atoms with E-state index in [1.165, 1.54) is 23.5 Å². The average molecular weight is 450 g/mol. The lowest BCUT2D eigenvalue weighted by atomic mass is 10.0. The lowest BCUT2D eigenvalue weighted by Crippen LogP contribution is -2.16. The minimum Gasteiger partial charge on any atom is -0.312 e. The number of fused-ring (bicyclic) bond motifs is 1. The molecule has 0 bridgehead atoms. The maximum atomic E-state index is 12.8. The molecule has 156 valence electrons. The highest BCUT2D eigenvalue weighted by atomic mass is 32.2. The summed E-state index contributed by atoms with van der Waals surface area (Å²) in [5, 5.41) is 5.24. The standard InChI is InChI=1S/C23H19N3O3S2/c1-2-14-26-20-13-12-19(31(24,28)29)15-21(20)30-23(26)25-22(27)18-10-8-17(9-11-18)16-6-4-3-5-7-16/h2-13,15H,1,14H2,(H2,24,28,29). The van der Waals surface area contributed by atoms with E-state index in [4.69, 9.17) is 5.14 Å².